The molecule has 3 atom stereocenters. The average molecular weight is 265 g/mol. The molecule has 1 aliphatic carbocycles. The molecule has 0 aromatic heterocycles. The number of hydrogen-bond acceptors (Lipinski definition) is 3. The number of hydrogen-bond donors (Lipinski definition) is 1. The van der Waals surface area contributed by atoms with E-state index >= 15 is 0 Å². The van der Waals surface area contributed by atoms with E-state index in [0.29, 0.717) is 24.0 Å². The smallest absolute Gasteiger partial charge is 0.241 e. The maximum atomic E-state index is 12.6. The molecule has 108 valence electrons. The van der Waals surface area contributed by atoms with Gasteiger partial charge in [-0.05, 0) is 45.2 Å². The summed E-state index contributed by atoms with van der Waals surface area (Å²) in [5, 5.41) is 3.63. The molecule has 2 heterocycles. The van der Waals surface area contributed by atoms with Crippen molar-refractivity contribution in [3.8, 4) is 0 Å². The molecule has 0 aromatic rings. The van der Waals surface area contributed by atoms with Gasteiger partial charge < -0.3 is 9.80 Å². The van der Waals surface area contributed by atoms with Gasteiger partial charge in [0.15, 0.2) is 0 Å². The van der Waals surface area contributed by atoms with Crippen molar-refractivity contribution in [2.24, 2.45) is 5.92 Å². The molecule has 1 N–H and O–H groups in total. The first-order chi connectivity index (χ1) is 9.20. The third-order valence-corrected chi connectivity index (χ3v) is 5.24. The fourth-order valence-corrected chi connectivity index (χ4v) is 4.15. The minimum absolute atomic E-state index is 0.0662. The van der Waals surface area contributed by atoms with Crippen LogP contribution in [0, 0.1) is 5.92 Å². The number of likely N-dealkylation sites (N-methyl/N-ethyl adjacent to an activating group) is 1. The summed E-state index contributed by atoms with van der Waals surface area (Å²) in [7, 11) is 2.16. The van der Waals surface area contributed by atoms with E-state index in [0.717, 1.165) is 25.9 Å². The zero-order chi connectivity index (χ0) is 13.4. The van der Waals surface area contributed by atoms with Crippen LogP contribution in [-0.4, -0.2) is 54.1 Å². The van der Waals surface area contributed by atoms with Gasteiger partial charge in [-0.25, -0.2) is 0 Å². The van der Waals surface area contributed by atoms with E-state index in [1.807, 2.05) is 0 Å². The lowest BCUT2D eigenvalue weighted by Gasteiger charge is -2.33. The van der Waals surface area contributed by atoms with E-state index in [-0.39, 0.29) is 6.04 Å². The van der Waals surface area contributed by atoms with Crippen molar-refractivity contribution in [3.63, 3.8) is 0 Å². The highest BCUT2D eigenvalue weighted by Crippen LogP contribution is 2.34. The zero-order valence-corrected chi connectivity index (χ0v) is 12.3. The van der Waals surface area contributed by atoms with Crippen molar-refractivity contribution in [3.05, 3.63) is 0 Å². The average Bonchev–Trinajstić information content (AvgIpc) is 3.08. The van der Waals surface area contributed by atoms with E-state index in [4.69, 9.17) is 0 Å². The van der Waals surface area contributed by atoms with E-state index < -0.39 is 0 Å². The van der Waals surface area contributed by atoms with Crippen molar-refractivity contribution in [1.82, 2.24) is 15.1 Å². The van der Waals surface area contributed by atoms with Gasteiger partial charge in [0.25, 0.3) is 0 Å². The standard InChI is InChI=1S/C15H27N3O/c1-3-13-15(19)18(12-8-9-17(2)10-12)14(16-13)11-6-4-5-7-11/h11-14,16H,3-10H2,1-2H3. The quantitative estimate of drug-likeness (QED) is 0.838. The van der Waals surface area contributed by atoms with Crippen LogP contribution in [-0.2, 0) is 4.79 Å². The molecule has 1 saturated carbocycles. The highest BCUT2D eigenvalue weighted by Gasteiger charge is 2.46. The Hall–Kier alpha value is -0.610. The van der Waals surface area contributed by atoms with Crippen LogP contribution in [0.3, 0.4) is 0 Å². The first kappa shape index (κ1) is 13.4. The molecule has 0 aromatic carbocycles. The maximum absolute atomic E-state index is 12.6. The summed E-state index contributed by atoms with van der Waals surface area (Å²) in [5.41, 5.74) is 0. The van der Waals surface area contributed by atoms with Crippen LogP contribution in [0.15, 0.2) is 0 Å². The summed E-state index contributed by atoms with van der Waals surface area (Å²) in [6, 6.07) is 0.503. The lowest BCUT2D eigenvalue weighted by molar-refractivity contribution is -0.132. The Morgan fingerprint density at radius 1 is 1.26 bits per heavy atom. The van der Waals surface area contributed by atoms with E-state index in [2.05, 4.69) is 29.1 Å². The Labute approximate surface area is 116 Å². The predicted octanol–water partition coefficient (Wildman–Crippen LogP) is 1.42. The van der Waals surface area contributed by atoms with Crippen LogP contribution in [0.2, 0.25) is 0 Å². The maximum Gasteiger partial charge on any atom is 0.241 e. The molecular weight excluding hydrogens is 238 g/mol. The molecule has 2 saturated heterocycles. The van der Waals surface area contributed by atoms with Crippen molar-refractivity contribution in [2.75, 3.05) is 20.1 Å². The van der Waals surface area contributed by atoms with Gasteiger partial charge in [0.05, 0.1) is 12.2 Å². The normalized spacial score (nSPS) is 37.7. The second-order valence-corrected chi connectivity index (χ2v) is 6.57. The summed E-state index contributed by atoms with van der Waals surface area (Å²) >= 11 is 0. The number of likely N-dealkylation sites (tertiary alicyclic amines) is 1. The van der Waals surface area contributed by atoms with Crippen LogP contribution < -0.4 is 5.32 Å². The molecule has 19 heavy (non-hydrogen) atoms. The van der Waals surface area contributed by atoms with Crippen molar-refractivity contribution in [2.45, 2.75) is 63.7 Å². The summed E-state index contributed by atoms with van der Waals surface area (Å²) in [6.07, 6.45) is 7.64. The van der Waals surface area contributed by atoms with Crippen LogP contribution in [0.5, 0.6) is 0 Å². The number of carbonyl (C=O) groups excluding carboxylic acids is 1. The molecule has 0 radical (unpaired) electrons. The van der Waals surface area contributed by atoms with Crippen molar-refractivity contribution < 1.29 is 4.79 Å². The Morgan fingerprint density at radius 3 is 2.58 bits per heavy atom. The van der Waals surface area contributed by atoms with Gasteiger partial charge in [0.1, 0.15) is 0 Å². The lowest BCUT2D eigenvalue weighted by atomic mass is 10.0. The number of nitrogens with zero attached hydrogens (tertiary/aromatic N) is 2. The Balaban J connectivity index is 1.77. The molecule has 3 aliphatic rings. The molecular formula is C15H27N3O. The minimum atomic E-state index is 0.0662. The van der Waals surface area contributed by atoms with Crippen molar-refractivity contribution >= 4 is 5.91 Å². The molecule has 3 rings (SSSR count). The second-order valence-electron chi connectivity index (χ2n) is 6.57. The molecule has 2 aliphatic heterocycles. The number of carbonyl (C=O) groups is 1. The Bertz CT molecular complexity index is 340. The third kappa shape index (κ3) is 2.40. The summed E-state index contributed by atoms with van der Waals surface area (Å²) in [4.78, 5) is 17.2. The predicted molar refractivity (Wildman–Crippen MR) is 75.7 cm³/mol. The number of nitrogens with one attached hydrogen (secondary N) is 1. The van der Waals surface area contributed by atoms with Gasteiger partial charge in [-0.3, -0.25) is 10.1 Å². The lowest BCUT2D eigenvalue weighted by Crippen LogP contribution is -2.48. The highest BCUT2D eigenvalue weighted by molar-refractivity contribution is 5.84. The molecule has 4 nitrogen and oxygen atoms in total. The fourth-order valence-electron chi connectivity index (χ4n) is 4.15. The number of rotatable bonds is 3. The Morgan fingerprint density at radius 2 is 2.00 bits per heavy atom. The monoisotopic (exact) mass is 265 g/mol. The second kappa shape index (κ2) is 5.41. The van der Waals surface area contributed by atoms with E-state index in [1.165, 1.54) is 25.7 Å². The summed E-state index contributed by atoms with van der Waals surface area (Å²) < 4.78 is 0. The summed E-state index contributed by atoms with van der Waals surface area (Å²) in [6.45, 7) is 4.29. The third-order valence-electron chi connectivity index (χ3n) is 5.24. The largest absolute Gasteiger partial charge is 0.321 e. The number of amides is 1. The minimum Gasteiger partial charge on any atom is -0.321 e. The van der Waals surface area contributed by atoms with Gasteiger partial charge in [-0.1, -0.05) is 19.8 Å². The highest BCUT2D eigenvalue weighted by atomic mass is 16.2. The van der Waals surface area contributed by atoms with Crippen LogP contribution >= 0.6 is 0 Å². The zero-order valence-electron chi connectivity index (χ0n) is 12.3. The first-order valence-corrected chi connectivity index (χ1v) is 7.97. The van der Waals surface area contributed by atoms with Crippen LogP contribution in [0.25, 0.3) is 0 Å². The van der Waals surface area contributed by atoms with Crippen molar-refractivity contribution in [1.29, 1.82) is 0 Å². The van der Waals surface area contributed by atoms with Gasteiger partial charge in [0.2, 0.25) is 5.91 Å². The fraction of sp³-hybridized carbons (Fsp3) is 0.933. The van der Waals surface area contributed by atoms with Gasteiger partial charge in [-0.15, -0.1) is 0 Å². The molecule has 3 unspecified atom stereocenters. The molecule has 0 spiro atoms. The van der Waals surface area contributed by atoms with Crippen LogP contribution in [0.1, 0.15) is 45.4 Å². The van der Waals surface area contributed by atoms with E-state index in [9.17, 15) is 4.79 Å². The molecule has 3 fully saturated rings. The summed E-state index contributed by atoms with van der Waals surface area (Å²) in [5.74, 6) is 1.05. The van der Waals surface area contributed by atoms with Crippen LogP contribution in [0.4, 0.5) is 0 Å². The first-order valence-electron chi connectivity index (χ1n) is 7.97. The Kier molecular flexibility index (Phi) is 3.81. The molecule has 4 heteroatoms. The van der Waals surface area contributed by atoms with Gasteiger partial charge in [-0.2, -0.15) is 0 Å². The SMILES string of the molecule is CCC1NC(C2CCCC2)N(C2CCN(C)C2)C1=O. The van der Waals surface area contributed by atoms with Gasteiger partial charge >= 0.3 is 0 Å². The molecule has 0 bridgehead atoms. The topological polar surface area (TPSA) is 35.6 Å². The molecule has 1 amide bonds. The van der Waals surface area contributed by atoms with E-state index in [1.54, 1.807) is 0 Å². The van der Waals surface area contributed by atoms with Gasteiger partial charge in [0, 0.05) is 12.6 Å².